The van der Waals surface area contributed by atoms with Gasteiger partial charge >= 0.3 is 5.97 Å². The average Bonchev–Trinajstić information content (AvgIpc) is 2.76. The molecule has 1 aliphatic heterocycles. The number of carbonyl (C=O) groups is 1. The molecular formula is C12H18N4O2. The molecular weight excluding hydrogens is 232 g/mol. The highest BCUT2D eigenvalue weighted by Crippen LogP contribution is 2.27. The molecule has 1 aliphatic rings. The van der Waals surface area contributed by atoms with Gasteiger partial charge in [-0.05, 0) is 12.8 Å². The lowest BCUT2D eigenvalue weighted by atomic mass is 10.1. The average molecular weight is 250 g/mol. The second-order valence-electron chi connectivity index (χ2n) is 4.72. The summed E-state index contributed by atoms with van der Waals surface area (Å²) in [6.07, 6.45) is 3.62. The van der Waals surface area contributed by atoms with E-state index in [2.05, 4.69) is 14.9 Å². The molecule has 6 heteroatoms. The van der Waals surface area contributed by atoms with Gasteiger partial charge in [-0.3, -0.25) is 4.79 Å². The Kier molecular flexibility index (Phi) is 3.64. The summed E-state index contributed by atoms with van der Waals surface area (Å²) in [5, 5.41) is 8.91. The zero-order valence-corrected chi connectivity index (χ0v) is 10.7. The first-order chi connectivity index (χ1) is 8.58. The number of aromatic nitrogens is 2. The van der Waals surface area contributed by atoms with Gasteiger partial charge in [0.05, 0.1) is 6.42 Å². The smallest absolute Gasteiger partial charge is 0.305 e. The van der Waals surface area contributed by atoms with Gasteiger partial charge in [0.1, 0.15) is 18.0 Å². The SMILES string of the molecule is CN(C)c1cc(N2CCCC2CC(=O)O)ncn1. The summed E-state index contributed by atoms with van der Waals surface area (Å²) in [5.74, 6) is 0.896. The van der Waals surface area contributed by atoms with Crippen molar-refractivity contribution in [3.63, 3.8) is 0 Å². The number of anilines is 2. The van der Waals surface area contributed by atoms with Gasteiger partial charge in [0.15, 0.2) is 0 Å². The van der Waals surface area contributed by atoms with Crippen LogP contribution in [0.4, 0.5) is 11.6 Å². The third-order valence-electron chi connectivity index (χ3n) is 3.18. The Morgan fingerprint density at radius 2 is 2.33 bits per heavy atom. The van der Waals surface area contributed by atoms with Gasteiger partial charge in [-0.25, -0.2) is 9.97 Å². The Bertz CT molecular complexity index is 436. The maximum absolute atomic E-state index is 10.8. The predicted molar refractivity (Wildman–Crippen MR) is 69.0 cm³/mol. The molecule has 98 valence electrons. The van der Waals surface area contributed by atoms with Crippen LogP contribution in [-0.2, 0) is 4.79 Å². The van der Waals surface area contributed by atoms with Crippen LogP contribution in [0.1, 0.15) is 19.3 Å². The Balaban J connectivity index is 2.19. The second-order valence-corrected chi connectivity index (χ2v) is 4.72. The lowest BCUT2D eigenvalue weighted by Gasteiger charge is -2.25. The summed E-state index contributed by atoms with van der Waals surface area (Å²) >= 11 is 0. The predicted octanol–water partition coefficient (Wildman–Crippen LogP) is 0.986. The molecule has 0 saturated carbocycles. The minimum atomic E-state index is -0.756. The molecule has 1 unspecified atom stereocenters. The normalized spacial score (nSPS) is 19.0. The van der Waals surface area contributed by atoms with E-state index in [-0.39, 0.29) is 12.5 Å². The largest absolute Gasteiger partial charge is 0.481 e. The molecule has 2 heterocycles. The zero-order valence-electron chi connectivity index (χ0n) is 10.7. The molecule has 6 nitrogen and oxygen atoms in total. The van der Waals surface area contributed by atoms with Crippen LogP contribution in [-0.4, -0.2) is 47.7 Å². The third-order valence-corrected chi connectivity index (χ3v) is 3.18. The van der Waals surface area contributed by atoms with Gasteiger partial charge in [-0.2, -0.15) is 0 Å². The van der Waals surface area contributed by atoms with Gasteiger partial charge in [0.25, 0.3) is 0 Å². The molecule has 2 rings (SSSR count). The number of carboxylic acids is 1. The molecule has 1 aromatic rings. The van der Waals surface area contributed by atoms with Gasteiger partial charge in [0, 0.05) is 32.7 Å². The van der Waals surface area contributed by atoms with E-state index in [0.717, 1.165) is 31.0 Å². The zero-order chi connectivity index (χ0) is 13.1. The monoisotopic (exact) mass is 250 g/mol. The number of aliphatic carboxylic acids is 1. The van der Waals surface area contributed by atoms with Crippen molar-refractivity contribution in [1.82, 2.24) is 9.97 Å². The fourth-order valence-electron chi connectivity index (χ4n) is 2.29. The third kappa shape index (κ3) is 2.69. The second kappa shape index (κ2) is 5.20. The molecule has 0 aliphatic carbocycles. The molecule has 1 aromatic heterocycles. The van der Waals surface area contributed by atoms with Crippen molar-refractivity contribution in [2.45, 2.75) is 25.3 Å². The van der Waals surface area contributed by atoms with E-state index in [1.54, 1.807) is 0 Å². The van der Waals surface area contributed by atoms with E-state index in [9.17, 15) is 4.79 Å². The first-order valence-corrected chi connectivity index (χ1v) is 6.05. The van der Waals surface area contributed by atoms with Crippen molar-refractivity contribution in [2.75, 3.05) is 30.4 Å². The van der Waals surface area contributed by atoms with Crippen molar-refractivity contribution in [1.29, 1.82) is 0 Å². The Hall–Kier alpha value is -1.85. The summed E-state index contributed by atoms with van der Waals surface area (Å²) in [6.45, 7) is 0.863. The topological polar surface area (TPSA) is 69.6 Å². The van der Waals surface area contributed by atoms with E-state index >= 15 is 0 Å². The Morgan fingerprint density at radius 1 is 1.56 bits per heavy atom. The van der Waals surface area contributed by atoms with Crippen LogP contribution in [0.2, 0.25) is 0 Å². The lowest BCUT2D eigenvalue weighted by molar-refractivity contribution is -0.137. The highest BCUT2D eigenvalue weighted by Gasteiger charge is 2.27. The molecule has 0 amide bonds. The molecule has 0 radical (unpaired) electrons. The van der Waals surface area contributed by atoms with Crippen LogP contribution in [0.3, 0.4) is 0 Å². The van der Waals surface area contributed by atoms with Gasteiger partial charge in [-0.15, -0.1) is 0 Å². The van der Waals surface area contributed by atoms with Crippen LogP contribution in [0.5, 0.6) is 0 Å². The number of carboxylic acid groups (broad SMARTS) is 1. The number of hydrogen-bond donors (Lipinski definition) is 1. The summed E-state index contributed by atoms with van der Waals surface area (Å²) in [7, 11) is 3.84. The number of hydrogen-bond acceptors (Lipinski definition) is 5. The molecule has 18 heavy (non-hydrogen) atoms. The highest BCUT2D eigenvalue weighted by molar-refractivity contribution is 5.68. The molecule has 0 aromatic carbocycles. The summed E-state index contributed by atoms with van der Waals surface area (Å²) < 4.78 is 0. The maximum atomic E-state index is 10.8. The summed E-state index contributed by atoms with van der Waals surface area (Å²) in [6, 6.07) is 1.95. The highest BCUT2D eigenvalue weighted by atomic mass is 16.4. The van der Waals surface area contributed by atoms with Crippen molar-refractivity contribution in [3.8, 4) is 0 Å². The fourth-order valence-corrected chi connectivity index (χ4v) is 2.29. The molecule has 1 fully saturated rings. The summed E-state index contributed by atoms with van der Waals surface area (Å²) in [5.41, 5.74) is 0. The maximum Gasteiger partial charge on any atom is 0.305 e. The molecule has 1 saturated heterocycles. The van der Waals surface area contributed by atoms with Crippen LogP contribution < -0.4 is 9.80 Å². The van der Waals surface area contributed by atoms with Crippen molar-refractivity contribution in [3.05, 3.63) is 12.4 Å². The molecule has 1 atom stereocenters. The van der Waals surface area contributed by atoms with Crippen molar-refractivity contribution in [2.24, 2.45) is 0 Å². The van der Waals surface area contributed by atoms with E-state index < -0.39 is 5.97 Å². The summed E-state index contributed by atoms with van der Waals surface area (Å²) in [4.78, 5) is 23.2. The fraction of sp³-hybridized carbons (Fsp3) is 0.583. The van der Waals surface area contributed by atoms with Crippen LogP contribution >= 0.6 is 0 Å². The lowest BCUT2D eigenvalue weighted by Crippen LogP contribution is -2.32. The van der Waals surface area contributed by atoms with E-state index in [4.69, 9.17) is 5.11 Å². The first-order valence-electron chi connectivity index (χ1n) is 6.05. The van der Waals surface area contributed by atoms with Crippen LogP contribution in [0.15, 0.2) is 12.4 Å². The Morgan fingerprint density at radius 3 is 3.00 bits per heavy atom. The van der Waals surface area contributed by atoms with Gasteiger partial charge < -0.3 is 14.9 Å². The quantitative estimate of drug-likeness (QED) is 0.859. The van der Waals surface area contributed by atoms with E-state index in [0.29, 0.717) is 0 Å². The van der Waals surface area contributed by atoms with Crippen molar-refractivity contribution < 1.29 is 9.90 Å². The van der Waals surface area contributed by atoms with Crippen LogP contribution in [0.25, 0.3) is 0 Å². The minimum Gasteiger partial charge on any atom is -0.481 e. The number of nitrogens with zero attached hydrogens (tertiary/aromatic N) is 4. The van der Waals surface area contributed by atoms with E-state index in [1.807, 2.05) is 25.1 Å². The standard InChI is InChI=1S/C12H18N4O2/c1-15(2)10-7-11(14-8-13-10)16-5-3-4-9(16)6-12(17)18/h7-9H,3-6H2,1-2H3,(H,17,18). The van der Waals surface area contributed by atoms with E-state index in [1.165, 1.54) is 6.33 Å². The minimum absolute atomic E-state index is 0.0485. The van der Waals surface area contributed by atoms with Gasteiger partial charge in [0.2, 0.25) is 0 Å². The Labute approximate surface area is 106 Å². The van der Waals surface area contributed by atoms with Crippen LogP contribution in [0, 0.1) is 0 Å². The molecule has 0 spiro atoms. The first kappa shape index (κ1) is 12.6. The molecule has 1 N–H and O–H groups in total. The van der Waals surface area contributed by atoms with Crippen molar-refractivity contribution >= 4 is 17.6 Å². The molecule has 0 bridgehead atoms. The number of rotatable bonds is 4. The van der Waals surface area contributed by atoms with Gasteiger partial charge in [-0.1, -0.05) is 0 Å².